The monoisotopic (exact) mass is 574 g/mol. The molecule has 0 radical (unpaired) electrons. The number of hydrogen-bond acceptors (Lipinski definition) is 1. The first-order valence-electron chi connectivity index (χ1n) is 14.6. The van der Waals surface area contributed by atoms with Crippen molar-refractivity contribution in [3.8, 4) is 5.75 Å². The van der Waals surface area contributed by atoms with Crippen molar-refractivity contribution >= 4 is 32.4 Å². The summed E-state index contributed by atoms with van der Waals surface area (Å²) in [6, 6.07) is 48.3. The summed E-state index contributed by atoms with van der Waals surface area (Å²) in [5, 5.41) is 4.40. The van der Waals surface area contributed by atoms with E-state index in [1.807, 2.05) is 0 Å². The molecule has 0 aromatic heterocycles. The van der Waals surface area contributed by atoms with E-state index >= 15 is 0 Å². The van der Waals surface area contributed by atoms with E-state index in [0.717, 1.165) is 24.8 Å². The molecule has 1 unspecified atom stereocenters. The molecule has 0 aliphatic heterocycles. The fourth-order valence-corrected chi connectivity index (χ4v) is 9.86. The summed E-state index contributed by atoms with van der Waals surface area (Å²) in [7, 11) is 0.135. The zero-order valence-corrected chi connectivity index (χ0v) is 26.3. The van der Waals surface area contributed by atoms with E-state index in [1.54, 1.807) is 0 Å². The molecule has 0 N–H and O–H groups in total. The molecule has 208 valence electrons. The van der Waals surface area contributed by atoms with Crippen LogP contribution in [0.25, 0.3) is 0 Å². The highest BCUT2D eigenvalue weighted by molar-refractivity contribution is 7.72. The van der Waals surface area contributed by atoms with Gasteiger partial charge in [-0.2, -0.15) is 0 Å². The van der Waals surface area contributed by atoms with Gasteiger partial charge in [-0.1, -0.05) is 150 Å². The molecule has 0 spiro atoms. The predicted molar refractivity (Wildman–Crippen MR) is 181 cm³/mol. The summed E-state index contributed by atoms with van der Waals surface area (Å²) in [4.78, 5) is 0. The zero-order chi connectivity index (χ0) is 28.5. The van der Waals surface area contributed by atoms with Gasteiger partial charge in [-0.15, -0.1) is 0 Å². The molecule has 5 aromatic rings. The average Bonchev–Trinajstić information content (AvgIpc) is 3.04. The average molecular weight is 575 g/mol. The van der Waals surface area contributed by atoms with E-state index < -0.39 is 7.92 Å². The number of benzene rings is 5. The molecule has 0 aliphatic rings. The summed E-state index contributed by atoms with van der Waals surface area (Å²) >= 11 is 0. The first kappa shape index (κ1) is 29.3. The molecule has 0 heterocycles. The van der Waals surface area contributed by atoms with Crippen LogP contribution >= 0.6 is 16.5 Å². The lowest BCUT2D eigenvalue weighted by Gasteiger charge is -2.35. The maximum Gasteiger partial charge on any atom is 0.123 e. The third-order valence-corrected chi connectivity index (χ3v) is 13.0. The van der Waals surface area contributed by atoms with Gasteiger partial charge in [0.05, 0.1) is 0 Å². The van der Waals surface area contributed by atoms with Crippen LogP contribution in [0.3, 0.4) is 0 Å². The number of aryl methyl sites for hydroxylation is 1. The quantitative estimate of drug-likeness (QED) is 0.135. The topological polar surface area (TPSA) is 9.23 Å². The third-order valence-electron chi connectivity index (χ3n) is 8.03. The van der Waals surface area contributed by atoms with Crippen LogP contribution < -0.4 is 20.7 Å². The van der Waals surface area contributed by atoms with Gasteiger partial charge in [0.1, 0.15) is 12.4 Å². The number of rotatable bonds is 12. The van der Waals surface area contributed by atoms with Crippen LogP contribution in [0.4, 0.5) is 0 Å². The number of ether oxygens (including phenoxy) is 1. The minimum absolute atomic E-state index is 0.0103. The van der Waals surface area contributed by atoms with Crippen molar-refractivity contribution in [3.05, 3.63) is 156 Å². The van der Waals surface area contributed by atoms with Crippen LogP contribution in [-0.2, 0) is 17.9 Å². The van der Waals surface area contributed by atoms with Gasteiger partial charge in [-0.25, -0.2) is 0 Å². The number of para-hydroxylation sites is 1. The summed E-state index contributed by atoms with van der Waals surface area (Å²) in [6.07, 6.45) is 3.17. The highest BCUT2D eigenvalue weighted by Gasteiger charge is 2.33. The molecule has 41 heavy (non-hydrogen) atoms. The van der Waals surface area contributed by atoms with Crippen LogP contribution in [-0.4, -0.2) is 0 Å². The first-order valence-corrected chi connectivity index (χ1v) is 17.2. The number of hydrogen-bond donors (Lipinski definition) is 0. The van der Waals surface area contributed by atoms with Gasteiger partial charge in [0.25, 0.3) is 0 Å². The Hall–Kier alpha value is -3.24. The minimum atomic E-state index is -0.518. The standard InChI is InChI=1S/C38H40OP2/c1-4-38(5-2,35-26-15-16-27-36(35)39-28-31-19-9-6-10-20-31)40-37-30(3)18-17-21-32(37)29-41(33-22-11-7-12-23-33)34-24-13-8-14-25-34/h6-27,40H,4-5,28-29H2,1-3H3. The maximum atomic E-state index is 6.52. The minimum Gasteiger partial charge on any atom is -0.489 e. The molecule has 0 saturated heterocycles. The Morgan fingerprint density at radius 3 is 1.80 bits per heavy atom. The molecule has 0 amide bonds. The van der Waals surface area contributed by atoms with Crippen LogP contribution in [0.5, 0.6) is 5.75 Å². The highest BCUT2D eigenvalue weighted by atomic mass is 31.1. The van der Waals surface area contributed by atoms with E-state index in [-0.39, 0.29) is 5.16 Å². The Kier molecular flexibility index (Phi) is 10.1. The lowest BCUT2D eigenvalue weighted by atomic mass is 9.92. The van der Waals surface area contributed by atoms with Gasteiger partial charge in [-0.3, -0.25) is 0 Å². The molecule has 0 bridgehead atoms. The predicted octanol–water partition coefficient (Wildman–Crippen LogP) is 9.23. The van der Waals surface area contributed by atoms with Gasteiger partial charge >= 0.3 is 0 Å². The molecule has 1 nitrogen and oxygen atoms in total. The van der Waals surface area contributed by atoms with Gasteiger partial charge in [0.2, 0.25) is 0 Å². The second kappa shape index (κ2) is 14.1. The lowest BCUT2D eigenvalue weighted by Crippen LogP contribution is -2.25. The van der Waals surface area contributed by atoms with Crippen LogP contribution in [0, 0.1) is 6.92 Å². The first-order chi connectivity index (χ1) is 20.1. The molecule has 0 saturated carbocycles. The molecule has 3 heteroatoms. The molecule has 0 aliphatic carbocycles. The zero-order valence-electron chi connectivity index (χ0n) is 24.4. The Labute approximate surface area is 249 Å². The van der Waals surface area contributed by atoms with E-state index in [0.29, 0.717) is 15.2 Å². The van der Waals surface area contributed by atoms with Crippen molar-refractivity contribution in [2.24, 2.45) is 0 Å². The Balaban J connectivity index is 1.51. The molecular weight excluding hydrogens is 534 g/mol. The Bertz CT molecular complexity index is 1470. The Morgan fingerprint density at radius 1 is 0.634 bits per heavy atom. The van der Waals surface area contributed by atoms with Gasteiger partial charge in [-0.05, 0) is 66.4 Å². The summed E-state index contributed by atoms with van der Waals surface area (Å²) in [6.45, 7) is 7.58. The van der Waals surface area contributed by atoms with Crippen molar-refractivity contribution in [3.63, 3.8) is 0 Å². The van der Waals surface area contributed by atoms with Crippen molar-refractivity contribution in [1.82, 2.24) is 0 Å². The normalized spacial score (nSPS) is 11.8. The molecule has 1 atom stereocenters. The molecule has 5 aromatic carbocycles. The van der Waals surface area contributed by atoms with Crippen molar-refractivity contribution in [2.45, 2.75) is 51.5 Å². The van der Waals surface area contributed by atoms with Gasteiger partial charge < -0.3 is 4.74 Å². The SMILES string of the molecule is CCC(CC)(Pc1c(C)cccc1CP(c1ccccc1)c1ccccc1)c1ccccc1OCc1ccccc1. The molecule has 0 fully saturated rings. The summed E-state index contributed by atoms with van der Waals surface area (Å²) in [5.41, 5.74) is 5.41. The van der Waals surface area contributed by atoms with E-state index in [9.17, 15) is 0 Å². The third kappa shape index (κ3) is 6.98. The van der Waals surface area contributed by atoms with Crippen molar-refractivity contribution in [2.75, 3.05) is 0 Å². The second-order valence-electron chi connectivity index (χ2n) is 10.6. The van der Waals surface area contributed by atoms with Crippen LogP contribution in [0.1, 0.15) is 48.9 Å². The Morgan fingerprint density at radius 2 is 1.20 bits per heavy atom. The lowest BCUT2D eigenvalue weighted by molar-refractivity contribution is 0.298. The van der Waals surface area contributed by atoms with E-state index in [4.69, 9.17) is 4.74 Å². The van der Waals surface area contributed by atoms with Gasteiger partial charge in [0.15, 0.2) is 0 Å². The fraction of sp³-hybridized carbons (Fsp3) is 0.211. The van der Waals surface area contributed by atoms with E-state index in [2.05, 4.69) is 154 Å². The second-order valence-corrected chi connectivity index (χ2v) is 14.5. The smallest absolute Gasteiger partial charge is 0.123 e. The maximum absolute atomic E-state index is 6.52. The molecule has 5 rings (SSSR count). The summed E-state index contributed by atoms with van der Waals surface area (Å²) < 4.78 is 6.52. The highest BCUT2D eigenvalue weighted by Crippen LogP contribution is 2.51. The fourth-order valence-electron chi connectivity index (χ4n) is 5.59. The van der Waals surface area contributed by atoms with Gasteiger partial charge in [0, 0.05) is 16.9 Å². The largest absolute Gasteiger partial charge is 0.489 e. The summed E-state index contributed by atoms with van der Waals surface area (Å²) in [5.74, 6) is 1.01. The molecular formula is C38H40OP2. The van der Waals surface area contributed by atoms with E-state index in [1.165, 1.54) is 38.2 Å². The van der Waals surface area contributed by atoms with Crippen molar-refractivity contribution in [1.29, 1.82) is 0 Å². The van der Waals surface area contributed by atoms with Crippen LogP contribution in [0.2, 0.25) is 0 Å². The van der Waals surface area contributed by atoms with Crippen molar-refractivity contribution < 1.29 is 4.74 Å². The van der Waals surface area contributed by atoms with Crippen LogP contribution in [0.15, 0.2) is 133 Å².